The molecule has 0 saturated carbocycles. The fourth-order valence-electron chi connectivity index (χ4n) is 0. The number of rotatable bonds is 0. The second-order valence-corrected chi connectivity index (χ2v) is 19.3. The minimum absolute atomic E-state index is 0.194. The van der Waals surface area contributed by atoms with Crippen LogP contribution in [0.2, 0.25) is 0 Å². The summed E-state index contributed by atoms with van der Waals surface area (Å²) in [6.45, 7) is 1.70. The molecule has 0 spiro atoms. The number of halogens is 40. The molecule has 0 aliphatic heterocycles. The van der Waals surface area contributed by atoms with Gasteiger partial charge in [-0.1, -0.05) is 0 Å². The zero-order valence-corrected chi connectivity index (χ0v) is 60.4. The zero-order valence-electron chi connectivity index (χ0n) is 30.1. The maximum Gasteiger partial charge on any atom is 0.105 e. The minimum Gasteiger partial charge on any atom is -0.109 e. The van der Waals surface area contributed by atoms with Crippen molar-refractivity contribution in [1.29, 1.82) is 0 Å². The van der Waals surface area contributed by atoms with Gasteiger partial charge in [0, 0.05) is 0 Å². The molecule has 0 atom stereocenters. The van der Waals surface area contributed by atoms with E-state index >= 15 is 0 Å². The zero-order chi connectivity index (χ0) is 55.0. The Morgan fingerprint density at radius 1 is 0.148 bits per heavy atom. The third-order valence-electron chi connectivity index (χ3n) is 0. The van der Waals surface area contributed by atoms with Crippen LogP contribution < -0.4 is 0 Å². The lowest BCUT2D eigenvalue weighted by Gasteiger charge is -1.72. The molecule has 0 heterocycles. The minimum atomic E-state index is -0.222. The van der Waals surface area contributed by atoms with Crippen LogP contribution in [0.5, 0.6) is 0 Å². The topological polar surface area (TPSA) is 0 Å². The van der Waals surface area contributed by atoms with Gasteiger partial charge in [0.15, 0.2) is 0 Å². The average molecular weight is 1710 g/mol. The second kappa shape index (κ2) is 316. The van der Waals surface area contributed by atoms with E-state index in [2.05, 4.69) is 0 Å². The molecule has 0 nitrogen and oxygen atoms in total. The van der Waals surface area contributed by atoms with Crippen LogP contribution in [0.4, 0.5) is 0 Å². The molecule has 0 fully saturated rings. The maximum absolute atomic E-state index is 5.04. The molecule has 61 heavy (non-hydrogen) atoms. The summed E-state index contributed by atoms with van der Waals surface area (Å²) in [5.41, 5.74) is 0. The lowest BCUT2D eigenvalue weighted by molar-refractivity contribution is 1.39. The van der Waals surface area contributed by atoms with Crippen molar-refractivity contribution < 1.29 is 0 Å². The van der Waals surface area contributed by atoms with Crippen LogP contribution in [-0.4, -0.2) is 106 Å². The Labute approximate surface area is 567 Å². The van der Waals surface area contributed by atoms with Crippen LogP contribution in [0.15, 0.2) is 0 Å². The molecule has 0 aliphatic rings. The Morgan fingerprint density at radius 2 is 0.148 bits per heavy atom. The molecule has 0 radical (unpaired) electrons. The fraction of sp³-hybridized carbons (Fsp3) is 1.00. The van der Waals surface area contributed by atoms with Crippen LogP contribution in [0, 0.1) is 0 Å². The first-order valence-electron chi connectivity index (χ1n) is 11.2. The summed E-state index contributed by atoms with van der Waals surface area (Å²) in [6.07, 6.45) is 0. The summed E-state index contributed by atoms with van der Waals surface area (Å²) in [5.74, 6) is 0. The quantitative estimate of drug-likeness (QED) is 0.212. The molecule has 0 aromatic carbocycles. The van der Waals surface area contributed by atoms with Gasteiger partial charge >= 0.3 is 0 Å². The highest BCUT2D eigenvalue weighted by Crippen LogP contribution is 1.95. The van der Waals surface area contributed by atoms with Gasteiger partial charge in [-0.15, -0.1) is 464 Å². The van der Waals surface area contributed by atoms with Gasteiger partial charge in [0.2, 0.25) is 0 Å². The predicted octanol–water partition coefficient (Wildman–Crippen LogP) is 28.8. The average Bonchev–Trinajstić information content (AvgIpc) is 3.11. The predicted molar refractivity (Wildman–Crippen MR) is 336 cm³/mol. The van der Waals surface area contributed by atoms with Crippen molar-refractivity contribution in [3.05, 3.63) is 0 Å². The van der Waals surface area contributed by atoms with E-state index < -0.39 is 0 Å². The molecule has 0 aliphatic carbocycles. The molecular weight excluding hydrogens is 1670 g/mol. The Morgan fingerprint density at radius 3 is 0.148 bits per heavy atom. The monoisotopic (exact) mass is 1690 g/mol. The van der Waals surface area contributed by atoms with Gasteiger partial charge in [-0.2, -0.15) is 0 Å². The molecule has 406 valence electrons. The summed E-state index contributed by atoms with van der Waals surface area (Å²) in [5, 5.41) is 3.69. The summed E-state index contributed by atoms with van der Waals surface area (Å²) in [4.78, 5) is -0.222. The van der Waals surface area contributed by atoms with Gasteiger partial charge in [0.1, 0.15) is 4.84 Å². The van der Waals surface area contributed by atoms with Gasteiger partial charge in [-0.3, -0.25) is 0 Å². The molecular formula is C21H42Cl40. The van der Waals surface area contributed by atoms with Crippen LogP contribution in [0.3, 0.4) is 0 Å². The molecule has 0 aromatic heterocycles. The third kappa shape index (κ3) is 2580. The highest BCUT2D eigenvalue weighted by molar-refractivity contribution is 6.46. The molecule has 40 heteroatoms. The SMILES string of the molecule is CC(Cl)Cl.ClCCl.ClCCl.ClCCl.ClCCl.ClCCl.ClCCl.ClCCl.ClCCl.ClCCl.ClCCl.ClCCl.ClCCl.ClCCl.ClCCl.ClCCl.ClCCl.ClCCl.ClCCl.ClCCl. The van der Waals surface area contributed by atoms with Crippen molar-refractivity contribution in [2.45, 2.75) is 11.8 Å². The summed E-state index contributed by atoms with van der Waals surface area (Å²) in [7, 11) is 0. The van der Waals surface area contributed by atoms with Gasteiger partial charge in [-0.25, -0.2) is 0 Å². The van der Waals surface area contributed by atoms with E-state index in [0.29, 0.717) is 0 Å². The lowest BCUT2D eigenvalue weighted by atomic mass is 11.0. The van der Waals surface area contributed by atoms with Gasteiger partial charge in [-0.05, 0) is 6.92 Å². The molecule has 0 saturated heterocycles. The van der Waals surface area contributed by atoms with Crippen molar-refractivity contribution in [1.82, 2.24) is 0 Å². The highest BCUT2D eigenvalue weighted by Gasteiger charge is 1.75. The van der Waals surface area contributed by atoms with Crippen molar-refractivity contribution in [2.24, 2.45) is 0 Å². The van der Waals surface area contributed by atoms with Gasteiger partial charge < -0.3 is 0 Å². The summed E-state index contributed by atoms with van der Waals surface area (Å²) < 4.78 is 0. The smallest absolute Gasteiger partial charge is 0.105 e. The summed E-state index contributed by atoms with van der Waals surface area (Å²) >= 11 is 191. The van der Waals surface area contributed by atoms with Crippen molar-refractivity contribution in [3.63, 3.8) is 0 Å². The van der Waals surface area contributed by atoms with Crippen molar-refractivity contribution in [3.8, 4) is 0 Å². The van der Waals surface area contributed by atoms with Gasteiger partial charge in [0.25, 0.3) is 0 Å². The first-order valence-corrected chi connectivity index (χ1v) is 32.4. The first kappa shape index (κ1) is 135. The first-order chi connectivity index (χ1) is 28.6. The second-order valence-electron chi connectivity index (χ2n) is 2.44. The molecule has 0 amide bonds. The Hall–Kier alpha value is 11.6. The lowest BCUT2D eigenvalue weighted by Crippen LogP contribution is -1.63. The van der Waals surface area contributed by atoms with E-state index in [9.17, 15) is 0 Å². The number of hydrogen-bond acceptors (Lipinski definition) is 0. The van der Waals surface area contributed by atoms with E-state index in [-0.39, 0.29) is 106 Å². The van der Waals surface area contributed by atoms with Gasteiger partial charge in [0.05, 0.1) is 101 Å². The van der Waals surface area contributed by atoms with Crippen molar-refractivity contribution >= 4 is 464 Å². The molecule has 0 rings (SSSR count). The van der Waals surface area contributed by atoms with E-state index in [4.69, 9.17) is 464 Å². The van der Waals surface area contributed by atoms with E-state index in [0.717, 1.165) is 0 Å². The summed E-state index contributed by atoms with van der Waals surface area (Å²) in [6, 6.07) is 0. The molecule has 0 N–H and O–H groups in total. The molecule has 0 aromatic rings. The fourth-order valence-corrected chi connectivity index (χ4v) is 0. The Balaban J connectivity index is -0.0000000161. The molecule has 0 unspecified atom stereocenters. The normalized spacial score (nSPS) is 6.20. The van der Waals surface area contributed by atoms with E-state index in [1.807, 2.05) is 0 Å². The van der Waals surface area contributed by atoms with Crippen LogP contribution in [-0.2, 0) is 0 Å². The third-order valence-corrected chi connectivity index (χ3v) is 0. The Kier molecular flexibility index (Phi) is 697. The van der Waals surface area contributed by atoms with Crippen LogP contribution in [0.1, 0.15) is 6.92 Å². The largest absolute Gasteiger partial charge is 0.109 e. The van der Waals surface area contributed by atoms with E-state index in [1.165, 1.54) is 0 Å². The maximum atomic E-state index is 5.04. The molecule has 0 bridgehead atoms. The van der Waals surface area contributed by atoms with E-state index in [1.54, 1.807) is 6.92 Å². The highest BCUT2D eigenvalue weighted by atomic mass is 35.6. The standard InChI is InChI=1S/C2H4Cl2.19CH2Cl2/c1-2(3)4;19*2-1-3/h2H,1H3;19*1H2. The van der Waals surface area contributed by atoms with Crippen LogP contribution in [0.25, 0.3) is 0 Å². The number of alkyl halides is 40. The number of hydrogen-bond donors (Lipinski definition) is 0. The van der Waals surface area contributed by atoms with Crippen LogP contribution >= 0.6 is 464 Å². The van der Waals surface area contributed by atoms with Crippen molar-refractivity contribution in [2.75, 3.05) is 101 Å². The Bertz CT molecular complexity index is 167.